The molecule has 1 heterocycles. The number of halogens is 1. The van der Waals surface area contributed by atoms with Crippen LogP contribution in [0.4, 0.5) is 5.69 Å². The third-order valence-corrected chi connectivity index (χ3v) is 3.98. The topological polar surface area (TPSA) is 59.8 Å². The molecule has 0 radical (unpaired) electrons. The van der Waals surface area contributed by atoms with E-state index >= 15 is 0 Å². The summed E-state index contributed by atoms with van der Waals surface area (Å²) in [5.74, 6) is 0.398. The van der Waals surface area contributed by atoms with E-state index in [-0.39, 0.29) is 11.7 Å². The van der Waals surface area contributed by atoms with Crippen molar-refractivity contribution in [2.24, 2.45) is 0 Å². The minimum Gasteiger partial charge on any atom is -0.319 e. The van der Waals surface area contributed by atoms with Gasteiger partial charge in [0.1, 0.15) is 5.82 Å². The Morgan fingerprint density at radius 3 is 2.42 bits per heavy atom. The van der Waals surface area contributed by atoms with Crippen molar-refractivity contribution in [1.29, 1.82) is 0 Å². The van der Waals surface area contributed by atoms with Crippen LogP contribution in [0.3, 0.4) is 0 Å². The van der Waals surface area contributed by atoms with Crippen LogP contribution < -0.4 is 5.32 Å². The minimum absolute atomic E-state index is 0.120. The smallest absolute Gasteiger partial charge is 0.295 e. The first-order valence-electron chi connectivity index (χ1n) is 7.53. The Hall–Kier alpha value is -2.66. The Balaban J connectivity index is 1.91. The summed E-state index contributed by atoms with van der Waals surface area (Å²) in [7, 11) is 0. The lowest BCUT2D eigenvalue weighted by atomic mass is 10.1. The molecule has 0 saturated carbocycles. The van der Waals surface area contributed by atoms with Crippen molar-refractivity contribution < 1.29 is 4.79 Å². The minimum atomic E-state index is -0.337. The number of nitrogens with one attached hydrogen (secondary N) is 1. The van der Waals surface area contributed by atoms with Gasteiger partial charge in [-0.15, -0.1) is 5.10 Å². The lowest BCUT2D eigenvalue weighted by molar-refractivity contribution is 0.101. The van der Waals surface area contributed by atoms with Gasteiger partial charge in [0, 0.05) is 10.7 Å². The SMILES string of the molecule is Cc1cccc(C)c1NC(=O)c1nc(C)n(-c2cccc(Cl)c2)n1. The first-order chi connectivity index (χ1) is 11.5. The summed E-state index contributed by atoms with van der Waals surface area (Å²) in [6, 6.07) is 13.1. The molecular weight excluding hydrogens is 324 g/mol. The average Bonchev–Trinajstić information content (AvgIpc) is 2.93. The largest absolute Gasteiger partial charge is 0.319 e. The molecule has 0 saturated heterocycles. The average molecular weight is 341 g/mol. The Morgan fingerprint density at radius 2 is 1.75 bits per heavy atom. The van der Waals surface area contributed by atoms with E-state index in [9.17, 15) is 4.79 Å². The summed E-state index contributed by atoms with van der Waals surface area (Å²) in [4.78, 5) is 16.8. The van der Waals surface area contributed by atoms with Gasteiger partial charge in [0.15, 0.2) is 0 Å². The number of amides is 1. The van der Waals surface area contributed by atoms with Crippen LogP contribution in [0.15, 0.2) is 42.5 Å². The molecule has 0 aliphatic carbocycles. The second-order valence-corrected chi connectivity index (χ2v) is 6.03. The summed E-state index contributed by atoms with van der Waals surface area (Å²) in [5, 5.41) is 7.81. The molecular formula is C18H17ClN4O. The molecule has 0 spiro atoms. The highest BCUT2D eigenvalue weighted by molar-refractivity contribution is 6.30. The molecule has 0 aliphatic heterocycles. The third-order valence-electron chi connectivity index (χ3n) is 3.74. The highest BCUT2D eigenvalue weighted by Gasteiger charge is 2.17. The Bertz CT molecular complexity index is 897. The molecule has 0 bridgehead atoms. The van der Waals surface area contributed by atoms with Crippen molar-refractivity contribution in [3.05, 3.63) is 70.3 Å². The molecule has 6 heteroatoms. The predicted octanol–water partition coefficient (Wildman–Crippen LogP) is 4.10. The fraction of sp³-hybridized carbons (Fsp3) is 0.167. The maximum atomic E-state index is 12.5. The highest BCUT2D eigenvalue weighted by Crippen LogP contribution is 2.20. The Morgan fingerprint density at radius 1 is 1.08 bits per heavy atom. The van der Waals surface area contributed by atoms with Gasteiger partial charge in [-0.05, 0) is 50.1 Å². The second kappa shape index (κ2) is 6.45. The van der Waals surface area contributed by atoms with Gasteiger partial charge in [0.25, 0.3) is 5.91 Å². The van der Waals surface area contributed by atoms with E-state index in [0.29, 0.717) is 10.8 Å². The zero-order valence-corrected chi connectivity index (χ0v) is 14.4. The third kappa shape index (κ3) is 3.16. The monoisotopic (exact) mass is 340 g/mol. The van der Waals surface area contributed by atoms with Crippen LogP contribution in [0, 0.1) is 20.8 Å². The molecule has 3 aromatic rings. The van der Waals surface area contributed by atoms with E-state index in [1.165, 1.54) is 0 Å². The summed E-state index contributed by atoms with van der Waals surface area (Å²) in [6.07, 6.45) is 0. The van der Waals surface area contributed by atoms with Gasteiger partial charge >= 0.3 is 0 Å². The lowest BCUT2D eigenvalue weighted by Crippen LogP contribution is -2.16. The summed E-state index contributed by atoms with van der Waals surface area (Å²) in [6.45, 7) is 5.70. The molecule has 0 atom stereocenters. The summed E-state index contributed by atoms with van der Waals surface area (Å²) >= 11 is 6.02. The normalized spacial score (nSPS) is 10.7. The molecule has 1 aromatic heterocycles. The second-order valence-electron chi connectivity index (χ2n) is 5.60. The number of carbonyl (C=O) groups is 1. The molecule has 24 heavy (non-hydrogen) atoms. The quantitative estimate of drug-likeness (QED) is 0.781. The maximum absolute atomic E-state index is 12.5. The number of hydrogen-bond acceptors (Lipinski definition) is 3. The zero-order valence-electron chi connectivity index (χ0n) is 13.7. The van der Waals surface area contributed by atoms with Gasteiger partial charge in [-0.3, -0.25) is 4.79 Å². The van der Waals surface area contributed by atoms with E-state index in [4.69, 9.17) is 11.6 Å². The number of aromatic nitrogens is 3. The lowest BCUT2D eigenvalue weighted by Gasteiger charge is -2.09. The Labute approximate surface area is 145 Å². The highest BCUT2D eigenvalue weighted by atomic mass is 35.5. The van der Waals surface area contributed by atoms with Crippen LogP contribution in [0.5, 0.6) is 0 Å². The number of carbonyl (C=O) groups excluding carboxylic acids is 1. The molecule has 0 fully saturated rings. The van der Waals surface area contributed by atoms with Gasteiger partial charge in [-0.2, -0.15) is 0 Å². The number of para-hydroxylation sites is 1. The number of nitrogens with zero attached hydrogens (tertiary/aromatic N) is 3. The summed E-state index contributed by atoms with van der Waals surface area (Å²) < 4.78 is 1.60. The van der Waals surface area contributed by atoms with Crippen LogP contribution in [-0.2, 0) is 0 Å². The van der Waals surface area contributed by atoms with Crippen molar-refractivity contribution >= 4 is 23.2 Å². The molecule has 122 valence electrons. The van der Waals surface area contributed by atoms with Gasteiger partial charge in [0.05, 0.1) is 5.69 Å². The summed E-state index contributed by atoms with van der Waals surface area (Å²) in [5.41, 5.74) is 3.54. The van der Waals surface area contributed by atoms with Gasteiger partial charge in [-0.25, -0.2) is 9.67 Å². The van der Waals surface area contributed by atoms with Gasteiger partial charge in [-0.1, -0.05) is 35.9 Å². The van der Waals surface area contributed by atoms with E-state index < -0.39 is 0 Å². The Kier molecular flexibility index (Phi) is 4.36. The first-order valence-corrected chi connectivity index (χ1v) is 7.90. The predicted molar refractivity (Wildman–Crippen MR) is 95.0 cm³/mol. The van der Waals surface area contributed by atoms with Crippen LogP contribution in [-0.4, -0.2) is 20.7 Å². The van der Waals surface area contributed by atoms with E-state index in [2.05, 4.69) is 15.4 Å². The van der Waals surface area contributed by atoms with Gasteiger partial charge < -0.3 is 5.32 Å². The van der Waals surface area contributed by atoms with Gasteiger partial charge in [0.2, 0.25) is 5.82 Å². The van der Waals surface area contributed by atoms with E-state index in [1.54, 1.807) is 23.7 Å². The van der Waals surface area contributed by atoms with Crippen molar-refractivity contribution in [3.8, 4) is 5.69 Å². The first kappa shape index (κ1) is 16.2. The zero-order chi connectivity index (χ0) is 17.3. The standard InChI is InChI=1S/C18H17ClN4O/c1-11-6-4-7-12(2)16(11)21-18(24)17-20-13(3)23(22-17)15-9-5-8-14(19)10-15/h4-10H,1-3H3,(H,21,24). The fourth-order valence-corrected chi connectivity index (χ4v) is 2.70. The number of anilines is 1. The molecule has 0 aliphatic rings. The molecule has 1 amide bonds. The number of hydrogen-bond donors (Lipinski definition) is 1. The van der Waals surface area contributed by atoms with E-state index in [1.807, 2.05) is 44.2 Å². The van der Waals surface area contributed by atoms with Crippen molar-refractivity contribution in [1.82, 2.24) is 14.8 Å². The van der Waals surface area contributed by atoms with Crippen molar-refractivity contribution in [2.45, 2.75) is 20.8 Å². The van der Waals surface area contributed by atoms with Crippen LogP contribution in [0.1, 0.15) is 27.6 Å². The maximum Gasteiger partial charge on any atom is 0.295 e. The van der Waals surface area contributed by atoms with Crippen LogP contribution in [0.2, 0.25) is 5.02 Å². The van der Waals surface area contributed by atoms with Crippen molar-refractivity contribution in [3.63, 3.8) is 0 Å². The van der Waals surface area contributed by atoms with Crippen LogP contribution in [0.25, 0.3) is 5.69 Å². The van der Waals surface area contributed by atoms with E-state index in [0.717, 1.165) is 22.5 Å². The number of aryl methyl sites for hydroxylation is 3. The number of benzene rings is 2. The molecule has 1 N–H and O–H groups in total. The molecule has 5 nitrogen and oxygen atoms in total. The molecule has 3 rings (SSSR count). The molecule has 2 aromatic carbocycles. The van der Waals surface area contributed by atoms with Crippen molar-refractivity contribution in [2.75, 3.05) is 5.32 Å². The molecule has 0 unspecified atom stereocenters. The number of rotatable bonds is 3. The van der Waals surface area contributed by atoms with Crippen LogP contribution >= 0.6 is 11.6 Å². The fourth-order valence-electron chi connectivity index (χ4n) is 2.52.